The molecule has 6 nitrogen and oxygen atoms in total. The van der Waals surface area contributed by atoms with Gasteiger partial charge < -0.3 is 14.8 Å². The summed E-state index contributed by atoms with van der Waals surface area (Å²) < 4.78 is 13.1. The summed E-state index contributed by atoms with van der Waals surface area (Å²) in [5.41, 5.74) is 2.04. The molecule has 2 fully saturated rings. The second kappa shape index (κ2) is 7.80. The highest BCUT2D eigenvalue weighted by Gasteiger charge is 2.37. The van der Waals surface area contributed by atoms with Crippen molar-refractivity contribution in [2.24, 2.45) is 0 Å². The number of nitrogens with zero attached hydrogens (tertiary/aromatic N) is 3. The lowest BCUT2D eigenvalue weighted by molar-refractivity contribution is 0.137. The topological polar surface area (TPSA) is 59.5 Å². The molecule has 1 saturated heterocycles. The highest BCUT2D eigenvalue weighted by atomic mass is 32.1. The van der Waals surface area contributed by atoms with E-state index in [-0.39, 0.29) is 0 Å². The number of piperidine rings is 1. The van der Waals surface area contributed by atoms with Gasteiger partial charge >= 0.3 is 0 Å². The van der Waals surface area contributed by atoms with Crippen LogP contribution < -0.4 is 14.8 Å². The summed E-state index contributed by atoms with van der Waals surface area (Å²) in [4.78, 5) is 11.5. The van der Waals surface area contributed by atoms with Crippen LogP contribution in [0, 0.1) is 0 Å². The molecule has 1 N–H and O–H groups in total. The molecule has 1 atom stereocenters. The highest BCUT2D eigenvalue weighted by Crippen LogP contribution is 2.41. The first-order valence-electron chi connectivity index (χ1n) is 11.0. The van der Waals surface area contributed by atoms with Crippen LogP contribution in [0.25, 0.3) is 10.3 Å². The molecular formula is C23H26N4O2S. The Kier molecular flexibility index (Phi) is 4.82. The molecule has 6 rings (SSSR count). The molecule has 2 aliphatic heterocycles. The smallest absolute Gasteiger partial charge is 0.281 e. The van der Waals surface area contributed by atoms with Gasteiger partial charge in [0.25, 0.3) is 5.19 Å². The Balaban J connectivity index is 1.18. The monoisotopic (exact) mass is 422 g/mol. The summed E-state index contributed by atoms with van der Waals surface area (Å²) in [7, 11) is 0. The van der Waals surface area contributed by atoms with E-state index in [1.54, 1.807) is 6.20 Å². The molecule has 30 heavy (non-hydrogen) atoms. The number of hydrogen-bond acceptors (Lipinski definition) is 7. The zero-order valence-electron chi connectivity index (χ0n) is 16.9. The standard InChI is InChI=1S/C23H26N4O2S/c1-2-21-22(25-9-1)26-23(30-21)29-18-5-6-19-15(14-28-20(19)12-18)13-27(16-3-4-16)17-7-10-24-11-8-17/h1-2,5-6,9,12,15-17,24H,3-4,7-8,10-11,13-14H2. The molecule has 156 valence electrons. The first-order valence-corrected chi connectivity index (χ1v) is 11.8. The number of pyridine rings is 1. The average molecular weight is 423 g/mol. The van der Waals surface area contributed by atoms with E-state index in [0.717, 1.165) is 60.2 Å². The lowest BCUT2D eigenvalue weighted by Crippen LogP contribution is -2.46. The Bertz CT molecular complexity index is 1010. The van der Waals surface area contributed by atoms with Gasteiger partial charge in [0.2, 0.25) is 0 Å². The van der Waals surface area contributed by atoms with Gasteiger partial charge in [-0.25, -0.2) is 4.98 Å². The van der Waals surface area contributed by atoms with Crippen molar-refractivity contribution in [3.05, 3.63) is 42.1 Å². The third-order valence-electron chi connectivity index (χ3n) is 6.44. The van der Waals surface area contributed by atoms with E-state index >= 15 is 0 Å². The average Bonchev–Trinajstić information content (AvgIpc) is 3.42. The van der Waals surface area contributed by atoms with Crippen molar-refractivity contribution in [2.45, 2.75) is 43.7 Å². The molecule has 2 aromatic heterocycles. The quantitative estimate of drug-likeness (QED) is 0.643. The van der Waals surface area contributed by atoms with Crippen molar-refractivity contribution in [3.63, 3.8) is 0 Å². The second-order valence-corrected chi connectivity index (χ2v) is 9.52. The number of ether oxygens (including phenoxy) is 2. The van der Waals surface area contributed by atoms with Crippen molar-refractivity contribution >= 4 is 21.7 Å². The minimum atomic E-state index is 0.441. The maximum absolute atomic E-state index is 6.09. The van der Waals surface area contributed by atoms with Gasteiger partial charge in [-0.3, -0.25) is 4.90 Å². The number of benzene rings is 1. The minimum absolute atomic E-state index is 0.441. The Morgan fingerprint density at radius 3 is 2.83 bits per heavy atom. The van der Waals surface area contributed by atoms with Gasteiger partial charge in [0, 0.05) is 42.4 Å². The number of fused-ring (bicyclic) bond motifs is 2. The van der Waals surface area contributed by atoms with E-state index in [2.05, 4.69) is 26.3 Å². The third-order valence-corrected chi connectivity index (χ3v) is 7.33. The van der Waals surface area contributed by atoms with Crippen LogP contribution in [0.3, 0.4) is 0 Å². The van der Waals surface area contributed by atoms with E-state index in [4.69, 9.17) is 9.47 Å². The third kappa shape index (κ3) is 3.66. The van der Waals surface area contributed by atoms with E-state index in [9.17, 15) is 0 Å². The van der Waals surface area contributed by atoms with Crippen molar-refractivity contribution in [1.82, 2.24) is 20.2 Å². The zero-order chi connectivity index (χ0) is 19.9. The summed E-state index contributed by atoms with van der Waals surface area (Å²) in [5, 5.41) is 4.11. The van der Waals surface area contributed by atoms with Crippen molar-refractivity contribution in [1.29, 1.82) is 0 Å². The van der Waals surface area contributed by atoms with Gasteiger partial charge in [0.15, 0.2) is 5.65 Å². The van der Waals surface area contributed by atoms with Gasteiger partial charge in [-0.1, -0.05) is 17.4 Å². The van der Waals surface area contributed by atoms with E-state index < -0.39 is 0 Å². The van der Waals surface area contributed by atoms with E-state index in [1.807, 2.05) is 24.3 Å². The van der Waals surface area contributed by atoms with E-state index in [0.29, 0.717) is 11.1 Å². The summed E-state index contributed by atoms with van der Waals surface area (Å²) in [6, 6.07) is 11.7. The van der Waals surface area contributed by atoms with Crippen LogP contribution in [0.2, 0.25) is 0 Å². The number of thiazole rings is 1. The Labute approximate surface area is 180 Å². The second-order valence-electron chi connectivity index (χ2n) is 8.52. The lowest BCUT2D eigenvalue weighted by atomic mass is 9.97. The number of hydrogen-bond donors (Lipinski definition) is 1. The normalized spacial score (nSPS) is 21.7. The molecule has 0 radical (unpaired) electrons. The molecule has 0 bridgehead atoms. The predicted molar refractivity (Wildman–Crippen MR) is 118 cm³/mol. The number of nitrogens with one attached hydrogen (secondary N) is 1. The molecule has 0 amide bonds. The first kappa shape index (κ1) is 18.5. The van der Waals surface area contributed by atoms with Crippen LogP contribution in [0.15, 0.2) is 36.5 Å². The number of rotatable bonds is 6. The fraction of sp³-hybridized carbons (Fsp3) is 0.478. The van der Waals surface area contributed by atoms with Crippen LogP contribution in [0.1, 0.15) is 37.2 Å². The van der Waals surface area contributed by atoms with Gasteiger partial charge in [-0.15, -0.1) is 0 Å². The minimum Gasteiger partial charge on any atom is -0.492 e. The van der Waals surface area contributed by atoms with Crippen LogP contribution in [0.5, 0.6) is 16.7 Å². The molecule has 3 aromatic rings. The maximum Gasteiger partial charge on any atom is 0.281 e. The molecule has 3 aliphatic rings. The predicted octanol–water partition coefficient (Wildman–Crippen LogP) is 4.18. The largest absolute Gasteiger partial charge is 0.492 e. The molecule has 7 heteroatoms. The fourth-order valence-corrected chi connectivity index (χ4v) is 5.55. The van der Waals surface area contributed by atoms with Gasteiger partial charge in [-0.2, -0.15) is 4.98 Å². The summed E-state index contributed by atoms with van der Waals surface area (Å²) in [6.07, 6.45) is 6.99. The van der Waals surface area contributed by atoms with Gasteiger partial charge in [0.1, 0.15) is 11.5 Å². The van der Waals surface area contributed by atoms with Crippen LogP contribution in [-0.2, 0) is 0 Å². The van der Waals surface area contributed by atoms with Crippen LogP contribution >= 0.6 is 11.3 Å². The molecule has 0 spiro atoms. The van der Waals surface area contributed by atoms with Gasteiger partial charge in [0.05, 0.1) is 11.3 Å². The Hall–Kier alpha value is -2.22. The van der Waals surface area contributed by atoms with Gasteiger partial charge in [-0.05, 0) is 57.0 Å². The van der Waals surface area contributed by atoms with Crippen molar-refractivity contribution in [3.8, 4) is 16.7 Å². The zero-order valence-corrected chi connectivity index (χ0v) is 17.7. The Morgan fingerprint density at radius 2 is 2.00 bits per heavy atom. The molecule has 1 saturated carbocycles. The van der Waals surface area contributed by atoms with Crippen molar-refractivity contribution in [2.75, 3.05) is 26.2 Å². The van der Waals surface area contributed by atoms with Crippen LogP contribution in [-0.4, -0.2) is 53.2 Å². The SMILES string of the molecule is c1cnc2nc(Oc3ccc4c(c3)OCC4CN(C3CCNCC3)C3CC3)sc2c1. The summed E-state index contributed by atoms with van der Waals surface area (Å²) in [5.74, 6) is 2.17. The highest BCUT2D eigenvalue weighted by molar-refractivity contribution is 7.20. The molecule has 1 aromatic carbocycles. The fourth-order valence-electron chi connectivity index (χ4n) is 4.76. The molecule has 1 unspecified atom stereocenters. The maximum atomic E-state index is 6.09. The molecule has 1 aliphatic carbocycles. The van der Waals surface area contributed by atoms with Crippen LogP contribution in [0.4, 0.5) is 0 Å². The first-order chi connectivity index (χ1) is 14.8. The van der Waals surface area contributed by atoms with E-state index in [1.165, 1.54) is 42.6 Å². The Morgan fingerprint density at radius 1 is 1.13 bits per heavy atom. The molecule has 4 heterocycles. The van der Waals surface area contributed by atoms with Crippen molar-refractivity contribution < 1.29 is 9.47 Å². The lowest BCUT2D eigenvalue weighted by Gasteiger charge is -2.36. The molecular weight excluding hydrogens is 396 g/mol. The summed E-state index contributed by atoms with van der Waals surface area (Å²) >= 11 is 1.51. The summed E-state index contributed by atoms with van der Waals surface area (Å²) in [6.45, 7) is 4.16. The number of aromatic nitrogens is 2.